The van der Waals surface area contributed by atoms with E-state index >= 15 is 0 Å². The van der Waals surface area contributed by atoms with Crippen LogP contribution < -0.4 is 9.47 Å². The van der Waals surface area contributed by atoms with Crippen molar-refractivity contribution in [3.63, 3.8) is 0 Å². The van der Waals surface area contributed by atoms with Crippen LogP contribution in [0, 0.1) is 5.92 Å². The first kappa shape index (κ1) is 19.5. The molecule has 2 aliphatic rings. The summed E-state index contributed by atoms with van der Waals surface area (Å²) < 4.78 is 22.7. The Bertz CT molecular complexity index is 702. The SMILES string of the molecule is CCO[C@@H]1OC(C(=O)N(C)C)=C[C@H](c2ccc3c(c2)OCO3)[C@H]1CCCO. The van der Waals surface area contributed by atoms with Gasteiger partial charge >= 0.3 is 0 Å². The topological polar surface area (TPSA) is 77.5 Å². The fourth-order valence-electron chi connectivity index (χ4n) is 3.48. The molecule has 0 bridgehead atoms. The summed E-state index contributed by atoms with van der Waals surface area (Å²) in [6, 6.07) is 5.81. The summed E-state index contributed by atoms with van der Waals surface area (Å²) >= 11 is 0. The number of allylic oxidation sites excluding steroid dienone is 1. The Morgan fingerprint density at radius 1 is 1.30 bits per heavy atom. The van der Waals surface area contributed by atoms with Gasteiger partial charge < -0.3 is 29.0 Å². The number of hydrogen-bond donors (Lipinski definition) is 1. The normalized spacial score (nSPS) is 23.6. The number of amides is 1. The average Bonchev–Trinajstić information content (AvgIpc) is 3.13. The van der Waals surface area contributed by atoms with Gasteiger partial charge in [0.2, 0.25) is 13.1 Å². The quantitative estimate of drug-likeness (QED) is 0.785. The molecule has 7 nitrogen and oxygen atoms in total. The van der Waals surface area contributed by atoms with Crippen LogP contribution in [0.4, 0.5) is 0 Å². The number of nitrogens with zero attached hydrogens (tertiary/aromatic N) is 1. The lowest BCUT2D eigenvalue weighted by atomic mass is 9.80. The molecule has 2 aliphatic heterocycles. The molecule has 0 saturated carbocycles. The third-order valence-corrected chi connectivity index (χ3v) is 4.81. The van der Waals surface area contributed by atoms with Crippen LogP contribution in [-0.4, -0.2) is 56.3 Å². The fraction of sp³-hybridized carbons (Fsp3) is 0.550. The van der Waals surface area contributed by atoms with Crippen LogP contribution >= 0.6 is 0 Å². The molecular formula is C20H27NO6. The lowest BCUT2D eigenvalue weighted by Crippen LogP contribution is -2.38. The minimum Gasteiger partial charge on any atom is -0.459 e. The number of rotatable bonds is 7. The van der Waals surface area contributed by atoms with Gasteiger partial charge in [-0.3, -0.25) is 4.79 Å². The molecule has 2 heterocycles. The lowest BCUT2D eigenvalue weighted by Gasteiger charge is -2.37. The van der Waals surface area contributed by atoms with E-state index in [1.165, 1.54) is 4.90 Å². The van der Waals surface area contributed by atoms with Crippen molar-refractivity contribution in [2.75, 3.05) is 34.1 Å². The van der Waals surface area contributed by atoms with Gasteiger partial charge in [-0.15, -0.1) is 0 Å². The Labute approximate surface area is 159 Å². The molecule has 0 radical (unpaired) electrons. The lowest BCUT2D eigenvalue weighted by molar-refractivity contribution is -0.169. The van der Waals surface area contributed by atoms with Gasteiger partial charge in [0.1, 0.15) is 0 Å². The Kier molecular flexibility index (Phi) is 6.23. The summed E-state index contributed by atoms with van der Waals surface area (Å²) in [5, 5.41) is 9.32. The van der Waals surface area contributed by atoms with E-state index in [1.807, 2.05) is 31.2 Å². The van der Waals surface area contributed by atoms with Gasteiger partial charge in [-0.2, -0.15) is 0 Å². The fourth-order valence-corrected chi connectivity index (χ4v) is 3.48. The number of benzene rings is 1. The van der Waals surface area contributed by atoms with Crippen molar-refractivity contribution < 1.29 is 28.8 Å². The molecule has 3 rings (SSSR count). The predicted octanol–water partition coefficient (Wildman–Crippen LogP) is 2.25. The van der Waals surface area contributed by atoms with Gasteiger partial charge in [0.05, 0.1) is 0 Å². The second-order valence-corrected chi connectivity index (χ2v) is 6.84. The highest BCUT2D eigenvalue weighted by Crippen LogP contribution is 2.42. The van der Waals surface area contributed by atoms with Crippen molar-refractivity contribution >= 4 is 5.91 Å². The first-order valence-corrected chi connectivity index (χ1v) is 9.27. The Hall–Kier alpha value is -2.25. The number of fused-ring (bicyclic) bond motifs is 1. The van der Waals surface area contributed by atoms with Crippen molar-refractivity contribution in [3.8, 4) is 11.5 Å². The van der Waals surface area contributed by atoms with Crippen LogP contribution in [0.1, 0.15) is 31.2 Å². The third-order valence-electron chi connectivity index (χ3n) is 4.81. The van der Waals surface area contributed by atoms with E-state index in [9.17, 15) is 9.90 Å². The van der Waals surface area contributed by atoms with Crippen molar-refractivity contribution in [2.45, 2.75) is 32.0 Å². The van der Waals surface area contributed by atoms with Gasteiger partial charge in [-0.25, -0.2) is 0 Å². The van der Waals surface area contributed by atoms with Gasteiger partial charge in [0.25, 0.3) is 5.91 Å². The van der Waals surface area contributed by atoms with Crippen molar-refractivity contribution in [2.24, 2.45) is 5.92 Å². The van der Waals surface area contributed by atoms with Crippen LogP contribution in [-0.2, 0) is 14.3 Å². The number of hydrogen-bond acceptors (Lipinski definition) is 6. The standard InChI is InChI=1S/C20H27NO6/c1-4-24-20-14(6-5-9-22)15(11-18(27-20)19(23)21(2)3)13-7-8-16-17(10-13)26-12-25-16/h7-8,10-11,14-15,20,22H,4-6,9,12H2,1-3H3/t14-,15-,20-/m1/s1. The molecule has 148 valence electrons. The minimum atomic E-state index is -0.555. The van der Waals surface area contributed by atoms with Crippen LogP contribution in [0.25, 0.3) is 0 Å². The summed E-state index contributed by atoms with van der Waals surface area (Å²) in [4.78, 5) is 14.0. The zero-order valence-corrected chi connectivity index (χ0v) is 16.0. The van der Waals surface area contributed by atoms with Crippen LogP contribution in [0.3, 0.4) is 0 Å². The Morgan fingerprint density at radius 2 is 2.07 bits per heavy atom. The Morgan fingerprint density at radius 3 is 2.78 bits per heavy atom. The van der Waals surface area contributed by atoms with Crippen LogP contribution in [0.2, 0.25) is 0 Å². The highest BCUT2D eigenvalue weighted by molar-refractivity contribution is 5.91. The van der Waals surface area contributed by atoms with Gasteiger partial charge in [0.15, 0.2) is 17.3 Å². The zero-order chi connectivity index (χ0) is 19.4. The maximum atomic E-state index is 12.5. The molecule has 0 aliphatic carbocycles. The summed E-state index contributed by atoms with van der Waals surface area (Å²) in [7, 11) is 3.38. The molecule has 27 heavy (non-hydrogen) atoms. The van der Waals surface area contributed by atoms with E-state index in [-0.39, 0.29) is 36.9 Å². The molecule has 0 saturated heterocycles. The smallest absolute Gasteiger partial charge is 0.288 e. The number of likely N-dealkylation sites (N-methyl/N-ethyl adjacent to an activating group) is 1. The van der Waals surface area contributed by atoms with E-state index in [1.54, 1.807) is 14.1 Å². The molecule has 0 fully saturated rings. The summed E-state index contributed by atoms with van der Waals surface area (Å²) in [5.41, 5.74) is 0.999. The third kappa shape index (κ3) is 4.20. The number of ether oxygens (including phenoxy) is 4. The van der Waals surface area contributed by atoms with Crippen molar-refractivity contribution in [1.82, 2.24) is 4.90 Å². The summed E-state index contributed by atoms with van der Waals surface area (Å²) in [6.07, 6.45) is 2.64. The highest BCUT2D eigenvalue weighted by Gasteiger charge is 2.38. The van der Waals surface area contributed by atoms with E-state index in [0.29, 0.717) is 30.9 Å². The van der Waals surface area contributed by atoms with Gasteiger partial charge in [-0.1, -0.05) is 6.07 Å². The summed E-state index contributed by atoms with van der Waals surface area (Å²) in [5.74, 6) is 1.35. The first-order valence-electron chi connectivity index (χ1n) is 9.27. The largest absolute Gasteiger partial charge is 0.459 e. The molecule has 1 amide bonds. The molecule has 1 N–H and O–H groups in total. The second-order valence-electron chi connectivity index (χ2n) is 6.84. The van der Waals surface area contributed by atoms with Crippen molar-refractivity contribution in [3.05, 3.63) is 35.6 Å². The van der Waals surface area contributed by atoms with Crippen LogP contribution in [0.15, 0.2) is 30.0 Å². The molecule has 0 aromatic heterocycles. The second kappa shape index (κ2) is 8.63. The maximum absolute atomic E-state index is 12.5. The van der Waals surface area contributed by atoms with E-state index in [2.05, 4.69) is 0 Å². The average molecular weight is 377 g/mol. The van der Waals surface area contributed by atoms with E-state index < -0.39 is 6.29 Å². The monoisotopic (exact) mass is 377 g/mol. The number of aliphatic hydroxyl groups excluding tert-OH is 1. The molecular weight excluding hydrogens is 350 g/mol. The number of carbonyl (C=O) groups is 1. The zero-order valence-electron chi connectivity index (χ0n) is 16.0. The van der Waals surface area contributed by atoms with Gasteiger partial charge in [0, 0.05) is 39.1 Å². The molecule has 1 aromatic carbocycles. The van der Waals surface area contributed by atoms with Crippen LogP contribution in [0.5, 0.6) is 11.5 Å². The highest BCUT2D eigenvalue weighted by atomic mass is 16.7. The first-order chi connectivity index (χ1) is 13.0. The molecule has 7 heteroatoms. The maximum Gasteiger partial charge on any atom is 0.288 e. The Balaban J connectivity index is 1.99. The molecule has 0 unspecified atom stereocenters. The van der Waals surface area contributed by atoms with Crippen molar-refractivity contribution in [1.29, 1.82) is 0 Å². The van der Waals surface area contributed by atoms with E-state index in [0.717, 1.165) is 5.56 Å². The molecule has 3 atom stereocenters. The molecule has 0 spiro atoms. The minimum absolute atomic E-state index is 0.0313. The molecule has 1 aromatic rings. The van der Waals surface area contributed by atoms with Gasteiger partial charge in [-0.05, 0) is 43.5 Å². The number of carbonyl (C=O) groups excluding carboxylic acids is 1. The summed E-state index contributed by atoms with van der Waals surface area (Å²) in [6.45, 7) is 2.67. The van der Waals surface area contributed by atoms with E-state index in [4.69, 9.17) is 18.9 Å². The predicted molar refractivity (Wildman–Crippen MR) is 98.4 cm³/mol. The number of aliphatic hydroxyl groups is 1.